The van der Waals surface area contributed by atoms with Crippen LogP contribution in [0.1, 0.15) is 9.67 Å². The van der Waals surface area contributed by atoms with Gasteiger partial charge in [0.15, 0.2) is 6.67 Å². The van der Waals surface area contributed by atoms with Crippen molar-refractivity contribution in [3.05, 3.63) is 56.9 Å². The second-order valence-electron chi connectivity index (χ2n) is 6.32. The number of carbonyl (C=O) groups is 1. The summed E-state index contributed by atoms with van der Waals surface area (Å²) in [5, 5.41) is 18.2. The van der Waals surface area contributed by atoms with Gasteiger partial charge < -0.3 is 9.80 Å². The molecule has 0 spiro atoms. The van der Waals surface area contributed by atoms with Crippen LogP contribution in [-0.4, -0.2) is 51.7 Å². The molecule has 1 fully saturated rings. The van der Waals surface area contributed by atoms with Crippen molar-refractivity contribution in [3.8, 4) is 0 Å². The molecule has 1 aromatic carbocycles. The number of hydrogen-bond acceptors (Lipinski definition) is 5. The zero-order valence-electron chi connectivity index (χ0n) is 14.0. The number of non-ortho nitro benzene ring substituents is 1. The number of quaternary nitrogens is 1. The molecule has 0 bridgehead atoms. The van der Waals surface area contributed by atoms with Gasteiger partial charge in [0.1, 0.15) is 0 Å². The Balaban J connectivity index is 1.43. The van der Waals surface area contributed by atoms with Crippen molar-refractivity contribution in [2.24, 2.45) is 0 Å². The number of amides is 1. The fourth-order valence-electron chi connectivity index (χ4n) is 3.25. The predicted octanol–water partition coefficient (Wildman–Crippen LogP) is 1.00. The molecule has 134 valence electrons. The summed E-state index contributed by atoms with van der Waals surface area (Å²) in [6.45, 7) is 3.68. The van der Waals surface area contributed by atoms with Gasteiger partial charge in [0, 0.05) is 17.5 Å². The summed E-state index contributed by atoms with van der Waals surface area (Å²) in [5.41, 5.74) is 0.837. The summed E-state index contributed by atoms with van der Waals surface area (Å²) in [7, 11) is 0. The predicted molar refractivity (Wildman–Crippen MR) is 97.3 cm³/mol. The van der Waals surface area contributed by atoms with E-state index in [1.165, 1.54) is 22.3 Å². The normalized spacial score (nSPS) is 15.5. The van der Waals surface area contributed by atoms with Gasteiger partial charge in [0.2, 0.25) is 0 Å². The number of hydrogen-bond donors (Lipinski definition) is 1. The highest BCUT2D eigenvalue weighted by Gasteiger charge is 2.25. The molecule has 0 saturated carbocycles. The molecule has 1 amide bonds. The zero-order chi connectivity index (χ0) is 18.1. The fraction of sp³-hybridized carbons (Fsp3) is 0.294. The fourth-order valence-corrected chi connectivity index (χ4v) is 3.94. The molecule has 2 aromatic heterocycles. The molecule has 0 radical (unpaired) electrons. The van der Waals surface area contributed by atoms with Crippen molar-refractivity contribution in [2.45, 2.75) is 6.67 Å². The average Bonchev–Trinajstić information content (AvgIpc) is 3.32. The highest BCUT2D eigenvalue weighted by atomic mass is 32.1. The minimum Gasteiger partial charge on any atom is -0.327 e. The third kappa shape index (κ3) is 3.18. The number of thiophene rings is 1. The Morgan fingerprint density at radius 3 is 2.81 bits per heavy atom. The monoisotopic (exact) mass is 372 g/mol. The average molecular weight is 372 g/mol. The molecule has 3 aromatic rings. The first-order chi connectivity index (χ1) is 12.6. The molecule has 0 atom stereocenters. The third-order valence-corrected chi connectivity index (χ3v) is 5.56. The van der Waals surface area contributed by atoms with Gasteiger partial charge in [-0.1, -0.05) is 6.07 Å². The Kier molecular flexibility index (Phi) is 4.39. The number of aromatic nitrogens is 2. The molecule has 1 aliphatic heterocycles. The number of piperazine rings is 1. The summed E-state index contributed by atoms with van der Waals surface area (Å²) in [4.78, 5) is 27.0. The molecular formula is C17H18N5O3S+. The van der Waals surface area contributed by atoms with E-state index in [1.807, 2.05) is 27.1 Å². The summed E-state index contributed by atoms with van der Waals surface area (Å²) < 4.78 is 1.81. The second kappa shape index (κ2) is 6.85. The molecule has 0 unspecified atom stereocenters. The van der Waals surface area contributed by atoms with Gasteiger partial charge in [-0.05, 0) is 17.5 Å². The summed E-state index contributed by atoms with van der Waals surface area (Å²) in [6, 6.07) is 8.54. The molecule has 1 saturated heterocycles. The van der Waals surface area contributed by atoms with E-state index in [1.54, 1.807) is 18.3 Å². The van der Waals surface area contributed by atoms with Crippen LogP contribution in [0.15, 0.2) is 41.9 Å². The second-order valence-corrected chi connectivity index (χ2v) is 7.27. The number of carbonyl (C=O) groups excluding carboxylic acids is 1. The van der Waals surface area contributed by atoms with Crippen LogP contribution in [0.2, 0.25) is 0 Å². The smallest absolute Gasteiger partial charge is 0.271 e. The SMILES string of the molecule is O=C(c1cccs1)N1CC[NH+](Cn2ncc3ccc([N+](=O)[O-])cc32)CC1. The van der Waals surface area contributed by atoms with Crippen LogP contribution in [0, 0.1) is 10.1 Å². The van der Waals surface area contributed by atoms with Crippen LogP contribution in [0.5, 0.6) is 0 Å². The van der Waals surface area contributed by atoms with Crippen molar-refractivity contribution in [1.29, 1.82) is 0 Å². The van der Waals surface area contributed by atoms with Crippen molar-refractivity contribution in [2.75, 3.05) is 26.2 Å². The molecule has 9 heteroatoms. The largest absolute Gasteiger partial charge is 0.327 e. The number of nitrogens with one attached hydrogen (secondary N) is 1. The van der Waals surface area contributed by atoms with Gasteiger partial charge in [-0.25, -0.2) is 4.68 Å². The maximum absolute atomic E-state index is 12.4. The Hall–Kier alpha value is -2.78. The first-order valence-electron chi connectivity index (χ1n) is 8.38. The van der Waals surface area contributed by atoms with E-state index in [2.05, 4.69) is 5.10 Å². The van der Waals surface area contributed by atoms with Crippen molar-refractivity contribution in [3.63, 3.8) is 0 Å². The molecule has 26 heavy (non-hydrogen) atoms. The first-order valence-corrected chi connectivity index (χ1v) is 9.26. The van der Waals surface area contributed by atoms with Gasteiger partial charge in [-0.3, -0.25) is 14.9 Å². The molecular weight excluding hydrogens is 354 g/mol. The number of rotatable bonds is 4. The number of benzene rings is 1. The minimum absolute atomic E-state index is 0.0700. The maximum Gasteiger partial charge on any atom is 0.271 e. The minimum atomic E-state index is -0.390. The summed E-state index contributed by atoms with van der Waals surface area (Å²) in [6.07, 6.45) is 1.73. The van der Waals surface area contributed by atoms with Crippen LogP contribution in [-0.2, 0) is 6.67 Å². The van der Waals surface area contributed by atoms with Gasteiger partial charge in [0.05, 0.1) is 47.7 Å². The van der Waals surface area contributed by atoms with Crippen LogP contribution < -0.4 is 4.90 Å². The van der Waals surface area contributed by atoms with Crippen LogP contribution in [0.3, 0.4) is 0 Å². The first kappa shape index (κ1) is 16.7. The summed E-state index contributed by atoms with van der Waals surface area (Å²) in [5.74, 6) is 0.0965. The van der Waals surface area contributed by atoms with Crippen molar-refractivity contribution in [1.82, 2.24) is 14.7 Å². The lowest BCUT2D eigenvalue weighted by molar-refractivity contribution is -0.926. The molecule has 3 heterocycles. The van der Waals surface area contributed by atoms with E-state index >= 15 is 0 Å². The highest BCUT2D eigenvalue weighted by Crippen LogP contribution is 2.20. The number of nitro groups is 1. The Labute approximate surface area is 153 Å². The van der Waals surface area contributed by atoms with Gasteiger partial charge in [0.25, 0.3) is 11.6 Å². The zero-order valence-corrected chi connectivity index (χ0v) is 14.8. The molecule has 1 aliphatic rings. The highest BCUT2D eigenvalue weighted by molar-refractivity contribution is 7.12. The van der Waals surface area contributed by atoms with Gasteiger partial charge in [-0.2, -0.15) is 5.10 Å². The van der Waals surface area contributed by atoms with Crippen molar-refractivity contribution >= 4 is 33.8 Å². The van der Waals surface area contributed by atoms with E-state index in [4.69, 9.17) is 0 Å². The van der Waals surface area contributed by atoms with E-state index in [0.29, 0.717) is 19.8 Å². The molecule has 8 nitrogen and oxygen atoms in total. The van der Waals surface area contributed by atoms with Crippen molar-refractivity contribution < 1.29 is 14.6 Å². The summed E-state index contributed by atoms with van der Waals surface area (Å²) >= 11 is 1.47. The maximum atomic E-state index is 12.4. The van der Waals surface area contributed by atoms with Gasteiger partial charge in [-0.15, -0.1) is 11.3 Å². The Bertz CT molecular complexity index is 945. The van der Waals surface area contributed by atoms with E-state index in [0.717, 1.165) is 28.9 Å². The third-order valence-electron chi connectivity index (χ3n) is 4.70. The molecule has 1 N–H and O–H groups in total. The standard InChI is InChI=1S/C17H17N5O3S/c23-17(16-2-1-9-26-16)20-7-5-19(6-8-20)12-21-15-10-14(22(24)25)4-3-13(15)11-18-21/h1-4,9-11H,5-8,12H2/p+1. The lowest BCUT2D eigenvalue weighted by Gasteiger charge is -2.31. The lowest BCUT2D eigenvalue weighted by Crippen LogP contribution is -3.14. The molecule has 0 aliphatic carbocycles. The quantitative estimate of drug-likeness (QED) is 0.547. The number of fused-ring (bicyclic) bond motifs is 1. The van der Waals surface area contributed by atoms with Gasteiger partial charge >= 0.3 is 0 Å². The van der Waals surface area contributed by atoms with E-state index < -0.39 is 4.92 Å². The molecule has 4 rings (SSSR count). The van der Waals surface area contributed by atoms with Crippen LogP contribution in [0.25, 0.3) is 10.9 Å². The van der Waals surface area contributed by atoms with Crippen LogP contribution in [0.4, 0.5) is 5.69 Å². The Morgan fingerprint density at radius 1 is 1.31 bits per heavy atom. The Morgan fingerprint density at radius 2 is 2.12 bits per heavy atom. The van der Waals surface area contributed by atoms with E-state index in [-0.39, 0.29) is 11.6 Å². The number of nitro benzene ring substituents is 1. The van der Waals surface area contributed by atoms with E-state index in [9.17, 15) is 14.9 Å². The number of nitrogens with zero attached hydrogens (tertiary/aromatic N) is 4. The lowest BCUT2D eigenvalue weighted by atomic mass is 10.2. The topological polar surface area (TPSA) is 85.7 Å². The van der Waals surface area contributed by atoms with Crippen LogP contribution >= 0.6 is 11.3 Å².